The molecule has 0 spiro atoms. The van der Waals surface area contributed by atoms with Gasteiger partial charge in [0.2, 0.25) is 0 Å². The highest BCUT2D eigenvalue weighted by Crippen LogP contribution is 2.27. The zero-order valence-electron chi connectivity index (χ0n) is 13.5. The van der Waals surface area contributed by atoms with Crippen LogP contribution >= 0.6 is 0 Å². The van der Waals surface area contributed by atoms with Gasteiger partial charge in [0.25, 0.3) is 0 Å². The van der Waals surface area contributed by atoms with Crippen LogP contribution in [-0.4, -0.2) is 32.1 Å². The van der Waals surface area contributed by atoms with E-state index in [9.17, 15) is 9.59 Å². The lowest BCUT2D eigenvalue weighted by molar-refractivity contribution is -0.140. The summed E-state index contributed by atoms with van der Waals surface area (Å²) >= 11 is 0. The van der Waals surface area contributed by atoms with Crippen molar-refractivity contribution in [2.45, 2.75) is 39.5 Å². The van der Waals surface area contributed by atoms with E-state index in [0.29, 0.717) is 30.3 Å². The minimum absolute atomic E-state index is 0.0661. The third-order valence-electron chi connectivity index (χ3n) is 2.97. The normalized spacial score (nSPS) is 10.1. The average molecular weight is 308 g/mol. The van der Waals surface area contributed by atoms with Gasteiger partial charge in [-0.25, -0.2) is 0 Å². The Labute approximate surface area is 131 Å². The Balaban J connectivity index is 2.85. The van der Waals surface area contributed by atoms with E-state index in [2.05, 4.69) is 4.74 Å². The minimum atomic E-state index is -0.396. The fourth-order valence-corrected chi connectivity index (χ4v) is 1.83. The number of methoxy groups -OCH3 is 1. The van der Waals surface area contributed by atoms with Crippen LogP contribution in [0.25, 0.3) is 0 Å². The first-order chi connectivity index (χ1) is 10.6. The minimum Gasteiger partial charge on any atom is -0.493 e. The van der Waals surface area contributed by atoms with Gasteiger partial charge in [-0.2, -0.15) is 0 Å². The molecule has 22 heavy (non-hydrogen) atoms. The van der Waals surface area contributed by atoms with Crippen LogP contribution in [0.1, 0.15) is 49.9 Å². The molecule has 0 amide bonds. The Morgan fingerprint density at radius 2 is 1.68 bits per heavy atom. The van der Waals surface area contributed by atoms with Crippen LogP contribution in [0.4, 0.5) is 0 Å². The van der Waals surface area contributed by atoms with E-state index in [4.69, 9.17) is 9.47 Å². The molecule has 0 unspecified atom stereocenters. The van der Waals surface area contributed by atoms with Gasteiger partial charge >= 0.3 is 5.97 Å². The molecule has 0 atom stereocenters. The number of benzene rings is 1. The zero-order valence-corrected chi connectivity index (χ0v) is 13.5. The number of hydrogen-bond acceptors (Lipinski definition) is 5. The van der Waals surface area contributed by atoms with Crippen molar-refractivity contribution in [3.8, 4) is 11.5 Å². The maximum atomic E-state index is 12.2. The van der Waals surface area contributed by atoms with Gasteiger partial charge < -0.3 is 14.2 Å². The molecule has 0 N–H and O–H groups in total. The lowest BCUT2D eigenvalue weighted by atomic mass is 10.1. The molecule has 5 nitrogen and oxygen atoms in total. The first-order valence-corrected chi connectivity index (χ1v) is 7.62. The Kier molecular flexibility index (Phi) is 8.04. The van der Waals surface area contributed by atoms with E-state index in [1.54, 1.807) is 18.2 Å². The van der Waals surface area contributed by atoms with E-state index in [0.717, 1.165) is 12.8 Å². The monoisotopic (exact) mass is 308 g/mol. The quantitative estimate of drug-likeness (QED) is 0.489. The molecule has 0 fully saturated rings. The molecular weight excluding hydrogens is 284 g/mol. The number of esters is 1. The van der Waals surface area contributed by atoms with E-state index in [1.165, 1.54) is 7.11 Å². The Bertz CT molecular complexity index is 496. The SMILES string of the molecule is CCCOc1ccc(C(=O)CCC(=O)OC)c(OCCC)c1. The second kappa shape index (κ2) is 9.82. The Hall–Kier alpha value is -2.04. The van der Waals surface area contributed by atoms with E-state index >= 15 is 0 Å². The summed E-state index contributed by atoms with van der Waals surface area (Å²) in [5.41, 5.74) is 0.473. The average Bonchev–Trinajstić information content (AvgIpc) is 2.55. The first-order valence-electron chi connectivity index (χ1n) is 7.62. The standard InChI is InChI=1S/C17H24O5/c1-4-10-21-13-6-7-14(16(12-13)22-11-5-2)15(18)8-9-17(19)20-3/h6-7,12H,4-5,8-11H2,1-3H3. The maximum Gasteiger partial charge on any atom is 0.305 e. The molecule has 5 heteroatoms. The molecule has 0 bridgehead atoms. The van der Waals surface area contributed by atoms with E-state index < -0.39 is 5.97 Å². The largest absolute Gasteiger partial charge is 0.493 e. The van der Waals surface area contributed by atoms with Crippen LogP contribution in [0.15, 0.2) is 18.2 Å². The number of hydrogen-bond donors (Lipinski definition) is 0. The summed E-state index contributed by atoms with van der Waals surface area (Å²) in [4.78, 5) is 23.4. The number of carbonyl (C=O) groups is 2. The van der Waals surface area contributed by atoms with Crippen molar-refractivity contribution in [1.29, 1.82) is 0 Å². The predicted molar refractivity (Wildman–Crippen MR) is 83.6 cm³/mol. The topological polar surface area (TPSA) is 61.8 Å². The summed E-state index contributed by atoms with van der Waals surface area (Å²) in [6.45, 7) is 5.16. The molecule has 1 aromatic rings. The van der Waals surface area contributed by atoms with Gasteiger partial charge in [0.1, 0.15) is 11.5 Å². The molecule has 0 aliphatic rings. The van der Waals surface area contributed by atoms with Gasteiger partial charge in [0, 0.05) is 12.5 Å². The fraction of sp³-hybridized carbons (Fsp3) is 0.529. The van der Waals surface area contributed by atoms with Gasteiger partial charge in [-0.1, -0.05) is 13.8 Å². The second-order valence-corrected chi connectivity index (χ2v) is 4.85. The van der Waals surface area contributed by atoms with Crippen molar-refractivity contribution < 1.29 is 23.8 Å². The number of rotatable bonds is 10. The van der Waals surface area contributed by atoms with E-state index in [1.807, 2.05) is 13.8 Å². The molecule has 0 aliphatic carbocycles. The number of carbonyl (C=O) groups excluding carboxylic acids is 2. The van der Waals surface area contributed by atoms with Crippen molar-refractivity contribution in [3.05, 3.63) is 23.8 Å². The summed E-state index contributed by atoms with van der Waals surface area (Å²) in [5, 5.41) is 0. The molecule has 0 aromatic heterocycles. The summed E-state index contributed by atoms with van der Waals surface area (Å²) < 4.78 is 15.8. The highest BCUT2D eigenvalue weighted by atomic mass is 16.5. The highest BCUT2D eigenvalue weighted by molar-refractivity contribution is 6.00. The molecule has 0 aliphatic heterocycles. The Morgan fingerprint density at radius 3 is 2.32 bits per heavy atom. The molecule has 0 saturated heterocycles. The van der Waals surface area contributed by atoms with Crippen LogP contribution in [0.3, 0.4) is 0 Å². The molecule has 122 valence electrons. The molecule has 1 aromatic carbocycles. The van der Waals surface area contributed by atoms with Crippen LogP contribution in [0.5, 0.6) is 11.5 Å². The zero-order chi connectivity index (χ0) is 16.4. The molecular formula is C17H24O5. The predicted octanol–water partition coefficient (Wildman–Crippen LogP) is 3.40. The third kappa shape index (κ3) is 5.76. The first kappa shape index (κ1) is 18.0. The highest BCUT2D eigenvalue weighted by Gasteiger charge is 2.15. The molecule has 1 rings (SSSR count). The van der Waals surface area contributed by atoms with Crippen molar-refractivity contribution in [2.75, 3.05) is 20.3 Å². The molecule has 0 radical (unpaired) electrons. The number of ether oxygens (including phenoxy) is 3. The number of Topliss-reactive ketones (excluding diaryl/α,β-unsaturated/α-hetero) is 1. The smallest absolute Gasteiger partial charge is 0.305 e. The fourth-order valence-electron chi connectivity index (χ4n) is 1.83. The third-order valence-corrected chi connectivity index (χ3v) is 2.97. The van der Waals surface area contributed by atoms with Crippen LogP contribution < -0.4 is 9.47 Å². The van der Waals surface area contributed by atoms with E-state index in [-0.39, 0.29) is 18.6 Å². The maximum absolute atomic E-state index is 12.2. The van der Waals surface area contributed by atoms with Gasteiger partial charge in [-0.3, -0.25) is 9.59 Å². The van der Waals surface area contributed by atoms with Crippen LogP contribution in [0.2, 0.25) is 0 Å². The molecule has 0 heterocycles. The van der Waals surface area contributed by atoms with Gasteiger partial charge in [0.15, 0.2) is 5.78 Å². The second-order valence-electron chi connectivity index (χ2n) is 4.85. The summed E-state index contributed by atoms with van der Waals surface area (Å²) in [5.74, 6) is 0.647. The van der Waals surface area contributed by atoms with Crippen molar-refractivity contribution in [3.63, 3.8) is 0 Å². The van der Waals surface area contributed by atoms with Crippen molar-refractivity contribution in [2.24, 2.45) is 0 Å². The Morgan fingerprint density at radius 1 is 1.00 bits per heavy atom. The number of ketones is 1. The summed E-state index contributed by atoms with van der Waals surface area (Å²) in [7, 11) is 1.31. The van der Waals surface area contributed by atoms with Crippen molar-refractivity contribution in [1.82, 2.24) is 0 Å². The summed E-state index contributed by atoms with van der Waals surface area (Å²) in [6.07, 6.45) is 1.92. The van der Waals surface area contributed by atoms with Crippen LogP contribution in [0, 0.1) is 0 Å². The van der Waals surface area contributed by atoms with Crippen LogP contribution in [-0.2, 0) is 9.53 Å². The molecule has 0 saturated carbocycles. The van der Waals surface area contributed by atoms with Gasteiger partial charge in [-0.05, 0) is 25.0 Å². The van der Waals surface area contributed by atoms with Gasteiger partial charge in [-0.15, -0.1) is 0 Å². The van der Waals surface area contributed by atoms with Crippen molar-refractivity contribution >= 4 is 11.8 Å². The lowest BCUT2D eigenvalue weighted by Crippen LogP contribution is -2.09. The summed E-state index contributed by atoms with van der Waals surface area (Å²) in [6, 6.07) is 5.17. The lowest BCUT2D eigenvalue weighted by Gasteiger charge is -2.12. The van der Waals surface area contributed by atoms with Gasteiger partial charge in [0.05, 0.1) is 32.3 Å².